The van der Waals surface area contributed by atoms with Gasteiger partial charge in [0.15, 0.2) is 0 Å². The number of allylic oxidation sites excluding steroid dienone is 2. The number of aliphatic hydroxyl groups is 1. The first-order valence-electron chi connectivity index (χ1n) is 34.0. The van der Waals surface area contributed by atoms with Gasteiger partial charge in [-0.05, 0) is 205 Å². The fraction of sp³-hybridized carbons (Fsp3) is 0.459. The van der Waals surface area contributed by atoms with Crippen molar-refractivity contribution in [3.8, 4) is 28.3 Å². The molecule has 2 aliphatic carbocycles. The van der Waals surface area contributed by atoms with Gasteiger partial charge in [0.25, 0.3) is 0 Å². The summed E-state index contributed by atoms with van der Waals surface area (Å²) in [5.41, 5.74) is 11.9. The van der Waals surface area contributed by atoms with Gasteiger partial charge >= 0.3 is 0 Å². The Balaban J connectivity index is 1.05. The molecule has 93 heavy (non-hydrogen) atoms. The third kappa shape index (κ3) is 13.3. The number of rotatable bonds is 12. The molecule has 0 saturated heterocycles. The molecule has 492 valence electrons. The van der Waals surface area contributed by atoms with Gasteiger partial charge in [0.2, 0.25) is 5.79 Å². The van der Waals surface area contributed by atoms with Gasteiger partial charge in [0.1, 0.15) is 35.3 Å². The Morgan fingerprint density at radius 3 is 1.43 bits per heavy atom. The standard InChI is InChI=1S/C85H104F2N2O4/c1-77(2,3)49-83(19,20)56-43-67(76(90)73(45-56)88-69-33-26-52(79(7,8)9)39-62(69)63-40-53(80(10,11)12)27-34-70(63)88)66-47-59(87)30-37-74(66)92-60-31-32-61(48-60)93-85(91)68(51-24-23-25-58(86)38-51)44-57(84(21,22)50-78(4,5)6)46-75(85)89-71-35-28-54(81(13,14)15)41-64(71)65-42-55(82(16,17)18)29-36-72(65)89/h23-30,33-47,60-61,75,90-91H,31-32,48-50H2,1-22H3. The molecule has 0 spiro atoms. The maximum Gasteiger partial charge on any atom is 0.218 e. The van der Waals surface area contributed by atoms with Crippen molar-refractivity contribution in [3.05, 3.63) is 190 Å². The molecule has 7 aromatic carbocycles. The van der Waals surface area contributed by atoms with Gasteiger partial charge < -0.3 is 28.8 Å². The molecule has 2 N–H and O–H groups in total. The van der Waals surface area contributed by atoms with Gasteiger partial charge in [0, 0.05) is 55.7 Å². The zero-order valence-electron chi connectivity index (χ0n) is 59.9. The van der Waals surface area contributed by atoms with E-state index in [0.717, 1.165) is 67.6 Å². The van der Waals surface area contributed by atoms with Crippen molar-refractivity contribution < 1.29 is 28.5 Å². The van der Waals surface area contributed by atoms with Crippen LogP contribution in [0.1, 0.15) is 224 Å². The second kappa shape index (κ2) is 23.1. The highest BCUT2D eigenvalue weighted by molar-refractivity contribution is 6.11. The average Bonchev–Trinajstić information content (AvgIpc) is 1.65. The quantitative estimate of drug-likeness (QED) is 0.120. The highest BCUT2D eigenvalue weighted by Gasteiger charge is 2.50. The maximum absolute atomic E-state index is 16.3. The van der Waals surface area contributed by atoms with E-state index in [1.54, 1.807) is 12.1 Å². The molecule has 0 aliphatic heterocycles. The lowest BCUT2D eigenvalue weighted by atomic mass is 9.68. The highest BCUT2D eigenvalue weighted by atomic mass is 19.1. The molecule has 4 atom stereocenters. The minimum atomic E-state index is -2.04. The number of aromatic hydroxyl groups is 1. The number of aromatic nitrogens is 2. The van der Waals surface area contributed by atoms with Crippen LogP contribution in [0.3, 0.4) is 0 Å². The zero-order chi connectivity index (χ0) is 67.9. The topological polar surface area (TPSA) is 68.8 Å². The first kappa shape index (κ1) is 67.4. The highest BCUT2D eigenvalue weighted by Crippen LogP contribution is 2.54. The predicted octanol–water partition coefficient (Wildman–Crippen LogP) is 23.2. The first-order chi connectivity index (χ1) is 42.9. The molecule has 6 nitrogen and oxygen atoms in total. The van der Waals surface area contributed by atoms with Crippen LogP contribution in [0.4, 0.5) is 8.78 Å². The third-order valence-electron chi connectivity index (χ3n) is 19.9. The summed E-state index contributed by atoms with van der Waals surface area (Å²) in [5.74, 6) is -2.47. The van der Waals surface area contributed by atoms with Gasteiger partial charge in [-0.25, -0.2) is 8.78 Å². The largest absolute Gasteiger partial charge is 0.505 e. The Hall–Kier alpha value is -7.00. The van der Waals surface area contributed by atoms with Crippen molar-refractivity contribution in [1.82, 2.24) is 9.13 Å². The smallest absolute Gasteiger partial charge is 0.218 e. The van der Waals surface area contributed by atoms with Crippen molar-refractivity contribution in [2.24, 2.45) is 16.2 Å². The fourth-order valence-corrected chi connectivity index (χ4v) is 15.6. The number of benzene rings is 7. The number of phenolic OH excluding ortho intramolecular Hbond substituents is 1. The summed E-state index contributed by atoms with van der Waals surface area (Å²) in [6, 6.07) is 41.4. The van der Waals surface area contributed by atoms with Crippen LogP contribution in [0.25, 0.3) is 66.0 Å². The number of hydrogen-bond donors (Lipinski definition) is 2. The lowest BCUT2D eigenvalue weighted by Crippen LogP contribution is -2.47. The molecule has 2 aliphatic rings. The second-order valence-electron chi connectivity index (χ2n) is 35.5. The molecule has 2 heterocycles. The monoisotopic (exact) mass is 1250 g/mol. The lowest BCUT2D eigenvalue weighted by molar-refractivity contribution is -0.205. The van der Waals surface area contributed by atoms with E-state index in [4.69, 9.17) is 9.47 Å². The van der Waals surface area contributed by atoms with Crippen molar-refractivity contribution in [3.63, 3.8) is 0 Å². The molecule has 0 amide bonds. The minimum absolute atomic E-state index is 0.0154. The van der Waals surface area contributed by atoms with Gasteiger partial charge in [0.05, 0.1) is 22.8 Å². The Morgan fingerprint density at radius 1 is 0.484 bits per heavy atom. The van der Waals surface area contributed by atoms with E-state index in [1.807, 2.05) is 12.1 Å². The molecule has 0 radical (unpaired) electrons. The van der Waals surface area contributed by atoms with Crippen molar-refractivity contribution in [1.29, 1.82) is 0 Å². The van der Waals surface area contributed by atoms with Gasteiger partial charge in [-0.1, -0.05) is 195 Å². The van der Waals surface area contributed by atoms with E-state index in [2.05, 4.69) is 252 Å². The summed E-state index contributed by atoms with van der Waals surface area (Å²) in [6.07, 6.45) is 6.46. The van der Waals surface area contributed by atoms with Crippen LogP contribution in [0.15, 0.2) is 145 Å². The van der Waals surface area contributed by atoms with Crippen molar-refractivity contribution in [2.45, 2.75) is 236 Å². The number of hydrogen-bond acceptors (Lipinski definition) is 4. The van der Waals surface area contributed by atoms with Crippen molar-refractivity contribution >= 4 is 49.2 Å². The van der Waals surface area contributed by atoms with E-state index in [0.29, 0.717) is 53.0 Å². The predicted molar refractivity (Wildman–Crippen MR) is 387 cm³/mol. The number of halogens is 2. The van der Waals surface area contributed by atoms with Crippen LogP contribution in [0.2, 0.25) is 0 Å². The van der Waals surface area contributed by atoms with Crippen LogP contribution in [-0.2, 0) is 31.8 Å². The SMILES string of the molecule is CC(C)(C)CC(C)(C)C1=CC(n2c3ccc(C(C)(C)C)cc3c3cc(C(C)(C)C)ccc32)C(O)(OC2CCC(Oc3ccc(F)cc3-c3cc(C(C)(C)CC(C)(C)C)cc(-n4c5ccc(C(C)(C)C)cc5c5cc(C(C)(C)C)ccc54)c3O)C2)C(c2cccc(F)c2)=C1. The summed E-state index contributed by atoms with van der Waals surface area (Å²) in [6.45, 7) is 49.5. The molecule has 8 heteroatoms. The molecule has 4 unspecified atom stereocenters. The van der Waals surface area contributed by atoms with E-state index >= 15 is 8.78 Å². The number of fused-ring (bicyclic) bond motifs is 6. The van der Waals surface area contributed by atoms with Gasteiger partial charge in [-0.15, -0.1) is 0 Å². The first-order valence-corrected chi connectivity index (χ1v) is 34.0. The molecular weight excluding hydrogens is 1150 g/mol. The summed E-state index contributed by atoms with van der Waals surface area (Å²) >= 11 is 0. The van der Waals surface area contributed by atoms with Crippen LogP contribution in [-0.4, -0.2) is 37.3 Å². The molecular formula is C85H104F2N2O4. The summed E-state index contributed by atoms with van der Waals surface area (Å²) in [5, 5.41) is 32.0. The Bertz CT molecular complexity index is 4300. The van der Waals surface area contributed by atoms with E-state index in [-0.39, 0.29) is 43.7 Å². The van der Waals surface area contributed by atoms with Gasteiger partial charge in [-0.3, -0.25) is 0 Å². The zero-order valence-corrected chi connectivity index (χ0v) is 59.9. The van der Waals surface area contributed by atoms with E-state index in [9.17, 15) is 10.2 Å². The summed E-state index contributed by atoms with van der Waals surface area (Å²) in [4.78, 5) is 0. The van der Waals surface area contributed by atoms with Crippen LogP contribution >= 0.6 is 0 Å². The maximum atomic E-state index is 16.3. The number of ether oxygens (including phenoxy) is 2. The normalized spacial score (nSPS) is 19.1. The Kier molecular flexibility index (Phi) is 16.8. The summed E-state index contributed by atoms with van der Waals surface area (Å²) < 4.78 is 51.4. The van der Waals surface area contributed by atoms with E-state index < -0.39 is 41.1 Å². The molecule has 1 saturated carbocycles. The van der Waals surface area contributed by atoms with Crippen molar-refractivity contribution in [2.75, 3.05) is 0 Å². The minimum Gasteiger partial charge on any atom is -0.505 e. The molecule has 1 fully saturated rings. The summed E-state index contributed by atoms with van der Waals surface area (Å²) in [7, 11) is 0. The Morgan fingerprint density at radius 2 is 0.946 bits per heavy atom. The molecule has 2 aromatic heterocycles. The van der Waals surface area contributed by atoms with Crippen LogP contribution in [0.5, 0.6) is 11.5 Å². The van der Waals surface area contributed by atoms with Gasteiger partial charge in [-0.2, -0.15) is 0 Å². The lowest BCUT2D eigenvalue weighted by Gasteiger charge is -2.45. The molecule has 11 rings (SSSR count). The number of phenols is 1. The molecule has 9 aromatic rings. The average molecular weight is 1260 g/mol. The fourth-order valence-electron chi connectivity index (χ4n) is 15.6. The number of nitrogens with zero attached hydrogens (tertiary/aromatic N) is 2. The van der Waals surface area contributed by atoms with Crippen LogP contribution < -0.4 is 4.74 Å². The third-order valence-corrected chi connectivity index (χ3v) is 19.9. The second-order valence-corrected chi connectivity index (χ2v) is 35.5. The molecule has 0 bridgehead atoms. The Labute approximate surface area is 554 Å². The van der Waals surface area contributed by atoms with E-state index in [1.165, 1.54) is 46.5 Å². The van der Waals surface area contributed by atoms with Crippen LogP contribution in [0, 0.1) is 27.9 Å².